The number of rotatable bonds is 11. The van der Waals surface area contributed by atoms with E-state index in [1.807, 2.05) is 71.9 Å². The second-order valence-corrected chi connectivity index (χ2v) is 12.1. The third-order valence-corrected chi connectivity index (χ3v) is 8.18. The average Bonchev–Trinajstić information content (AvgIpc) is 2.87. The predicted octanol–water partition coefficient (Wildman–Crippen LogP) is 5.14. The molecule has 0 saturated carbocycles. The Balaban J connectivity index is 2.08. The van der Waals surface area contributed by atoms with Crippen LogP contribution in [0.3, 0.4) is 0 Å². The molecular weight excluding hydrogens is 510 g/mol. The molecule has 0 heterocycles. The van der Waals surface area contributed by atoms with Gasteiger partial charge in [0.25, 0.3) is 10.0 Å². The van der Waals surface area contributed by atoms with Crippen molar-refractivity contribution in [3.63, 3.8) is 0 Å². The van der Waals surface area contributed by atoms with Crippen molar-refractivity contribution < 1.29 is 18.0 Å². The molecule has 1 N–H and O–H groups in total. The van der Waals surface area contributed by atoms with E-state index in [9.17, 15) is 18.0 Å². The highest BCUT2D eigenvalue weighted by molar-refractivity contribution is 7.92. The first-order valence-electron chi connectivity index (χ1n) is 13.2. The molecule has 3 rings (SSSR count). The number of anilines is 1. The summed E-state index contributed by atoms with van der Waals surface area (Å²) in [6.07, 6.45) is 0.380. The summed E-state index contributed by atoms with van der Waals surface area (Å²) < 4.78 is 29.0. The van der Waals surface area contributed by atoms with Crippen LogP contribution in [0.1, 0.15) is 49.4 Å². The SMILES string of the molecule is CC[C@@H](C(=O)NC(C)C)N(Cc1ccc(C)cc1)C(=O)CN(c1cc(C)cc(C)c1)S(=O)(=O)c1ccccc1. The quantitative estimate of drug-likeness (QED) is 0.359. The van der Waals surface area contributed by atoms with Gasteiger partial charge < -0.3 is 10.2 Å². The minimum Gasteiger partial charge on any atom is -0.352 e. The van der Waals surface area contributed by atoms with Gasteiger partial charge in [-0.05, 0) is 82.0 Å². The highest BCUT2D eigenvalue weighted by atomic mass is 32.2. The molecule has 0 fully saturated rings. The second-order valence-electron chi connectivity index (χ2n) is 10.3. The first-order chi connectivity index (χ1) is 18.4. The molecule has 0 aliphatic heterocycles. The number of hydrogen-bond acceptors (Lipinski definition) is 4. The topological polar surface area (TPSA) is 86.8 Å². The zero-order valence-electron chi connectivity index (χ0n) is 23.6. The fraction of sp³-hybridized carbons (Fsp3) is 0.355. The Morgan fingerprint density at radius 2 is 1.44 bits per heavy atom. The molecule has 1 atom stereocenters. The summed E-state index contributed by atoms with van der Waals surface area (Å²) in [5.74, 6) is -0.725. The van der Waals surface area contributed by atoms with Gasteiger partial charge in [-0.2, -0.15) is 0 Å². The Hall–Kier alpha value is -3.65. The Morgan fingerprint density at radius 3 is 1.97 bits per heavy atom. The smallest absolute Gasteiger partial charge is 0.264 e. The van der Waals surface area contributed by atoms with Crippen LogP contribution in [0.5, 0.6) is 0 Å². The van der Waals surface area contributed by atoms with Crippen molar-refractivity contribution in [3.8, 4) is 0 Å². The van der Waals surface area contributed by atoms with Gasteiger partial charge in [-0.25, -0.2) is 8.42 Å². The van der Waals surface area contributed by atoms with E-state index in [1.165, 1.54) is 17.0 Å². The summed E-state index contributed by atoms with van der Waals surface area (Å²) in [7, 11) is -4.08. The molecule has 3 aromatic rings. The second kappa shape index (κ2) is 12.9. The lowest BCUT2D eigenvalue weighted by Gasteiger charge is -2.33. The van der Waals surface area contributed by atoms with E-state index in [-0.39, 0.29) is 23.4 Å². The zero-order chi connectivity index (χ0) is 28.7. The van der Waals surface area contributed by atoms with E-state index in [1.54, 1.807) is 30.3 Å². The molecule has 0 aromatic heterocycles. The van der Waals surface area contributed by atoms with Gasteiger partial charge in [0, 0.05) is 12.6 Å². The van der Waals surface area contributed by atoms with Gasteiger partial charge in [0.15, 0.2) is 0 Å². The lowest BCUT2D eigenvalue weighted by Crippen LogP contribution is -2.53. The molecule has 0 saturated heterocycles. The molecule has 2 amide bonds. The van der Waals surface area contributed by atoms with Gasteiger partial charge in [-0.3, -0.25) is 13.9 Å². The van der Waals surface area contributed by atoms with Gasteiger partial charge in [0.05, 0.1) is 10.6 Å². The standard InChI is InChI=1S/C31H39N3O4S/c1-7-29(31(36)32-22(2)3)33(20-26-15-13-23(4)14-16-26)30(35)21-34(27-18-24(5)17-25(6)19-27)39(37,38)28-11-9-8-10-12-28/h8-19,22,29H,7,20-21H2,1-6H3,(H,32,36)/t29-/m0/s1. The minimum atomic E-state index is -4.08. The fourth-order valence-corrected chi connectivity index (χ4v) is 5.95. The summed E-state index contributed by atoms with van der Waals surface area (Å²) in [6, 6.07) is 20.4. The number of benzene rings is 3. The van der Waals surface area contributed by atoms with E-state index in [4.69, 9.17) is 0 Å². The van der Waals surface area contributed by atoms with E-state index in [2.05, 4.69) is 5.32 Å². The Labute approximate surface area is 232 Å². The number of nitrogens with zero attached hydrogens (tertiary/aromatic N) is 2. The number of aryl methyl sites for hydroxylation is 3. The molecule has 3 aromatic carbocycles. The van der Waals surface area contributed by atoms with Gasteiger partial charge in [0.2, 0.25) is 11.8 Å². The highest BCUT2D eigenvalue weighted by Gasteiger charge is 2.34. The molecular formula is C31H39N3O4S. The van der Waals surface area contributed by atoms with Crippen molar-refractivity contribution in [2.24, 2.45) is 0 Å². The fourth-order valence-electron chi connectivity index (χ4n) is 4.53. The van der Waals surface area contributed by atoms with Crippen molar-refractivity contribution in [1.29, 1.82) is 0 Å². The largest absolute Gasteiger partial charge is 0.352 e. The molecule has 7 nitrogen and oxygen atoms in total. The molecule has 8 heteroatoms. The number of amides is 2. The maximum atomic E-state index is 14.1. The van der Waals surface area contributed by atoms with Crippen LogP contribution in [0.15, 0.2) is 77.7 Å². The highest BCUT2D eigenvalue weighted by Crippen LogP contribution is 2.27. The van der Waals surface area contributed by atoms with Crippen LogP contribution in [0.2, 0.25) is 0 Å². The van der Waals surface area contributed by atoms with Crippen LogP contribution in [-0.2, 0) is 26.2 Å². The third kappa shape index (κ3) is 7.69. The van der Waals surface area contributed by atoms with Crippen molar-refractivity contribution in [1.82, 2.24) is 10.2 Å². The molecule has 0 unspecified atom stereocenters. The predicted molar refractivity (Wildman–Crippen MR) is 156 cm³/mol. The maximum absolute atomic E-state index is 14.1. The average molecular weight is 550 g/mol. The number of hydrogen-bond donors (Lipinski definition) is 1. The molecule has 0 radical (unpaired) electrons. The molecule has 0 spiro atoms. The van der Waals surface area contributed by atoms with E-state index >= 15 is 0 Å². The zero-order valence-corrected chi connectivity index (χ0v) is 24.5. The van der Waals surface area contributed by atoms with E-state index in [0.29, 0.717) is 12.1 Å². The Kier molecular flexibility index (Phi) is 9.92. The van der Waals surface area contributed by atoms with Crippen LogP contribution in [0.4, 0.5) is 5.69 Å². The number of sulfonamides is 1. The monoisotopic (exact) mass is 549 g/mol. The summed E-state index contributed by atoms with van der Waals surface area (Å²) in [4.78, 5) is 28.9. The third-order valence-electron chi connectivity index (χ3n) is 6.39. The normalized spacial score (nSPS) is 12.2. The summed E-state index contributed by atoms with van der Waals surface area (Å²) in [5.41, 5.74) is 4.10. The molecule has 0 aliphatic carbocycles. The summed E-state index contributed by atoms with van der Waals surface area (Å²) in [6.45, 7) is 11.1. The van der Waals surface area contributed by atoms with Crippen molar-refractivity contribution in [2.45, 2.75) is 71.5 Å². The molecule has 39 heavy (non-hydrogen) atoms. The van der Waals surface area contributed by atoms with Gasteiger partial charge in [0.1, 0.15) is 12.6 Å². The van der Waals surface area contributed by atoms with Crippen LogP contribution in [0, 0.1) is 20.8 Å². The van der Waals surface area contributed by atoms with Crippen LogP contribution < -0.4 is 9.62 Å². The Bertz CT molecular complexity index is 1370. The maximum Gasteiger partial charge on any atom is 0.264 e. The van der Waals surface area contributed by atoms with E-state index in [0.717, 1.165) is 26.6 Å². The molecule has 0 bridgehead atoms. The van der Waals surface area contributed by atoms with Crippen molar-refractivity contribution in [2.75, 3.05) is 10.8 Å². The van der Waals surface area contributed by atoms with Crippen LogP contribution in [0.25, 0.3) is 0 Å². The lowest BCUT2D eigenvalue weighted by molar-refractivity contribution is -0.140. The van der Waals surface area contributed by atoms with Gasteiger partial charge in [-0.1, -0.05) is 61.0 Å². The van der Waals surface area contributed by atoms with Crippen molar-refractivity contribution >= 4 is 27.5 Å². The Morgan fingerprint density at radius 1 is 0.846 bits per heavy atom. The molecule has 0 aliphatic rings. The van der Waals surface area contributed by atoms with Crippen LogP contribution in [-0.4, -0.2) is 43.8 Å². The first kappa shape index (κ1) is 29.9. The number of carbonyl (C=O) groups excluding carboxylic acids is 2. The number of carbonyl (C=O) groups is 2. The first-order valence-corrected chi connectivity index (χ1v) is 14.7. The summed E-state index contributed by atoms with van der Waals surface area (Å²) >= 11 is 0. The number of nitrogens with one attached hydrogen (secondary N) is 1. The van der Waals surface area contributed by atoms with Gasteiger partial charge >= 0.3 is 0 Å². The van der Waals surface area contributed by atoms with Crippen molar-refractivity contribution in [3.05, 3.63) is 95.1 Å². The lowest BCUT2D eigenvalue weighted by atomic mass is 10.1. The van der Waals surface area contributed by atoms with Gasteiger partial charge in [-0.15, -0.1) is 0 Å². The summed E-state index contributed by atoms with van der Waals surface area (Å²) in [5, 5.41) is 2.92. The minimum absolute atomic E-state index is 0.0895. The van der Waals surface area contributed by atoms with E-state index < -0.39 is 28.5 Å². The molecule has 208 valence electrons. The van der Waals surface area contributed by atoms with Crippen LogP contribution >= 0.6 is 0 Å².